The van der Waals surface area contributed by atoms with E-state index < -0.39 is 0 Å². The largest absolute Gasteiger partial charge is 0.494 e. The molecule has 0 atom stereocenters. The third-order valence-corrected chi connectivity index (χ3v) is 5.42. The highest BCUT2D eigenvalue weighted by atomic mass is 16.5. The van der Waals surface area contributed by atoms with E-state index in [1.54, 1.807) is 32.4 Å². The number of methoxy groups -OCH3 is 2. The summed E-state index contributed by atoms with van der Waals surface area (Å²) in [6.07, 6.45) is 1.83. The number of carbonyl (C=O) groups is 2. The Labute approximate surface area is 183 Å². The van der Waals surface area contributed by atoms with Gasteiger partial charge in [0.1, 0.15) is 5.75 Å². The van der Waals surface area contributed by atoms with E-state index in [1.807, 2.05) is 36.1 Å². The fourth-order valence-electron chi connectivity index (χ4n) is 3.68. The average molecular weight is 427 g/mol. The molecule has 166 valence electrons. The standard InChI is InChI=1S/C24H30N2O5/c1-4-31-20-8-5-17(6-9-20)15-23(27)26-13-11-19(12-14-26)25-24(28)18-7-10-21(29-2)22(16-18)30-3/h5-10,16,19H,4,11-15H2,1-3H3,(H,25,28). The zero-order valence-electron chi connectivity index (χ0n) is 18.3. The maximum atomic E-state index is 12.6. The van der Waals surface area contributed by atoms with Gasteiger partial charge in [0.25, 0.3) is 5.91 Å². The maximum Gasteiger partial charge on any atom is 0.251 e. The van der Waals surface area contributed by atoms with Crippen LogP contribution in [0, 0.1) is 0 Å². The molecule has 0 unspecified atom stereocenters. The number of carbonyl (C=O) groups excluding carboxylic acids is 2. The van der Waals surface area contributed by atoms with Gasteiger partial charge in [-0.1, -0.05) is 12.1 Å². The Morgan fingerprint density at radius 2 is 1.68 bits per heavy atom. The van der Waals surface area contributed by atoms with Crippen LogP contribution in [-0.2, 0) is 11.2 Å². The molecule has 1 aliphatic heterocycles. The molecule has 3 rings (SSSR count). The lowest BCUT2D eigenvalue weighted by atomic mass is 10.0. The Morgan fingerprint density at radius 3 is 2.29 bits per heavy atom. The summed E-state index contributed by atoms with van der Waals surface area (Å²) in [5.74, 6) is 1.86. The van der Waals surface area contributed by atoms with Crippen molar-refractivity contribution in [1.82, 2.24) is 10.2 Å². The van der Waals surface area contributed by atoms with Crippen molar-refractivity contribution in [2.45, 2.75) is 32.2 Å². The highest BCUT2D eigenvalue weighted by Crippen LogP contribution is 2.27. The third kappa shape index (κ3) is 5.90. The molecule has 7 nitrogen and oxygen atoms in total. The second kappa shape index (κ2) is 10.7. The number of likely N-dealkylation sites (tertiary alicyclic amines) is 1. The summed E-state index contributed by atoms with van der Waals surface area (Å²) in [6, 6.07) is 12.8. The van der Waals surface area contributed by atoms with Gasteiger partial charge in [0.2, 0.25) is 5.91 Å². The van der Waals surface area contributed by atoms with Crippen molar-refractivity contribution in [3.63, 3.8) is 0 Å². The lowest BCUT2D eigenvalue weighted by Crippen LogP contribution is -2.47. The minimum absolute atomic E-state index is 0.0372. The fourth-order valence-corrected chi connectivity index (χ4v) is 3.68. The number of nitrogens with one attached hydrogen (secondary N) is 1. The molecule has 2 aromatic carbocycles. The number of rotatable bonds is 8. The quantitative estimate of drug-likeness (QED) is 0.702. The van der Waals surface area contributed by atoms with Gasteiger partial charge in [0.05, 0.1) is 27.2 Å². The summed E-state index contributed by atoms with van der Waals surface area (Å²) >= 11 is 0. The van der Waals surface area contributed by atoms with Crippen LogP contribution in [0.1, 0.15) is 35.7 Å². The van der Waals surface area contributed by atoms with Crippen LogP contribution < -0.4 is 19.5 Å². The molecule has 0 radical (unpaired) electrons. The Morgan fingerprint density at radius 1 is 1.00 bits per heavy atom. The molecule has 2 aromatic rings. The number of piperidine rings is 1. The molecule has 0 spiro atoms. The molecular weight excluding hydrogens is 396 g/mol. The van der Waals surface area contributed by atoms with Gasteiger partial charge in [-0.15, -0.1) is 0 Å². The van der Waals surface area contributed by atoms with Crippen molar-refractivity contribution >= 4 is 11.8 Å². The second-order valence-corrected chi connectivity index (χ2v) is 7.45. The van der Waals surface area contributed by atoms with Crippen LogP contribution in [0.4, 0.5) is 0 Å². The van der Waals surface area contributed by atoms with E-state index in [0.29, 0.717) is 43.2 Å². The highest BCUT2D eigenvalue weighted by molar-refractivity contribution is 5.95. The molecule has 31 heavy (non-hydrogen) atoms. The molecule has 0 bridgehead atoms. The Kier molecular flexibility index (Phi) is 7.76. The van der Waals surface area contributed by atoms with Crippen LogP contribution in [0.25, 0.3) is 0 Å². The van der Waals surface area contributed by atoms with Crippen molar-refractivity contribution < 1.29 is 23.8 Å². The Balaban J connectivity index is 1.48. The summed E-state index contributed by atoms with van der Waals surface area (Å²) in [7, 11) is 3.10. The Hall–Kier alpha value is -3.22. The van der Waals surface area contributed by atoms with E-state index in [2.05, 4.69) is 5.32 Å². The van der Waals surface area contributed by atoms with E-state index >= 15 is 0 Å². The molecule has 0 aliphatic carbocycles. The van der Waals surface area contributed by atoms with Crippen LogP contribution in [0.2, 0.25) is 0 Å². The zero-order chi connectivity index (χ0) is 22.2. The predicted molar refractivity (Wildman–Crippen MR) is 118 cm³/mol. The van der Waals surface area contributed by atoms with Crippen LogP contribution in [0.15, 0.2) is 42.5 Å². The topological polar surface area (TPSA) is 77.1 Å². The number of amides is 2. The first-order chi connectivity index (χ1) is 15.0. The average Bonchev–Trinajstić information content (AvgIpc) is 2.80. The molecule has 1 aliphatic rings. The van der Waals surface area contributed by atoms with Gasteiger partial charge in [-0.2, -0.15) is 0 Å². The van der Waals surface area contributed by atoms with Gasteiger partial charge in [-0.05, 0) is 55.7 Å². The van der Waals surface area contributed by atoms with E-state index in [9.17, 15) is 9.59 Å². The van der Waals surface area contributed by atoms with Crippen molar-refractivity contribution in [1.29, 1.82) is 0 Å². The van der Waals surface area contributed by atoms with Crippen molar-refractivity contribution in [2.75, 3.05) is 33.9 Å². The summed E-state index contributed by atoms with van der Waals surface area (Å²) in [4.78, 5) is 27.1. The number of hydrogen-bond acceptors (Lipinski definition) is 5. The molecule has 0 aromatic heterocycles. The first kappa shape index (κ1) is 22.5. The third-order valence-electron chi connectivity index (χ3n) is 5.42. The molecule has 7 heteroatoms. The lowest BCUT2D eigenvalue weighted by molar-refractivity contribution is -0.131. The van der Waals surface area contributed by atoms with E-state index in [1.165, 1.54) is 0 Å². The summed E-state index contributed by atoms with van der Waals surface area (Å²) in [6.45, 7) is 3.83. The lowest BCUT2D eigenvalue weighted by Gasteiger charge is -2.32. The van der Waals surface area contributed by atoms with Crippen molar-refractivity contribution in [3.05, 3.63) is 53.6 Å². The van der Waals surface area contributed by atoms with Gasteiger partial charge in [-0.3, -0.25) is 9.59 Å². The number of hydrogen-bond donors (Lipinski definition) is 1. The monoisotopic (exact) mass is 426 g/mol. The summed E-state index contributed by atoms with van der Waals surface area (Å²) in [5, 5.41) is 3.06. The molecule has 1 heterocycles. The fraction of sp³-hybridized carbons (Fsp3) is 0.417. The summed E-state index contributed by atoms with van der Waals surface area (Å²) in [5.41, 5.74) is 1.49. The molecule has 2 amide bonds. The normalized spacial score (nSPS) is 14.1. The van der Waals surface area contributed by atoms with E-state index in [4.69, 9.17) is 14.2 Å². The zero-order valence-corrected chi connectivity index (χ0v) is 18.3. The minimum Gasteiger partial charge on any atom is -0.494 e. The number of nitrogens with zero attached hydrogens (tertiary/aromatic N) is 1. The van der Waals surface area contributed by atoms with Gasteiger partial charge < -0.3 is 24.4 Å². The predicted octanol–water partition coefficient (Wildman–Crippen LogP) is 3.07. The van der Waals surface area contributed by atoms with Gasteiger partial charge in [0, 0.05) is 24.7 Å². The van der Waals surface area contributed by atoms with Crippen molar-refractivity contribution in [2.24, 2.45) is 0 Å². The maximum absolute atomic E-state index is 12.6. The highest BCUT2D eigenvalue weighted by Gasteiger charge is 2.24. The first-order valence-corrected chi connectivity index (χ1v) is 10.6. The van der Waals surface area contributed by atoms with Gasteiger partial charge in [-0.25, -0.2) is 0 Å². The Bertz CT molecular complexity index is 889. The molecule has 1 fully saturated rings. The van der Waals surface area contributed by atoms with E-state index in [0.717, 1.165) is 24.2 Å². The number of benzene rings is 2. The van der Waals surface area contributed by atoms with Crippen LogP contribution >= 0.6 is 0 Å². The minimum atomic E-state index is -0.153. The summed E-state index contributed by atoms with van der Waals surface area (Å²) < 4.78 is 15.9. The van der Waals surface area contributed by atoms with Crippen LogP contribution in [0.5, 0.6) is 17.2 Å². The van der Waals surface area contributed by atoms with Crippen LogP contribution in [-0.4, -0.2) is 56.7 Å². The van der Waals surface area contributed by atoms with Gasteiger partial charge >= 0.3 is 0 Å². The number of ether oxygens (including phenoxy) is 3. The molecular formula is C24H30N2O5. The second-order valence-electron chi connectivity index (χ2n) is 7.45. The molecule has 1 N–H and O–H groups in total. The smallest absolute Gasteiger partial charge is 0.251 e. The SMILES string of the molecule is CCOc1ccc(CC(=O)N2CCC(NC(=O)c3ccc(OC)c(OC)c3)CC2)cc1. The molecule has 1 saturated heterocycles. The molecule has 0 saturated carbocycles. The van der Waals surface area contributed by atoms with Crippen LogP contribution in [0.3, 0.4) is 0 Å². The van der Waals surface area contributed by atoms with Gasteiger partial charge in [0.15, 0.2) is 11.5 Å². The van der Waals surface area contributed by atoms with E-state index in [-0.39, 0.29) is 17.9 Å². The van der Waals surface area contributed by atoms with Crippen molar-refractivity contribution in [3.8, 4) is 17.2 Å². The first-order valence-electron chi connectivity index (χ1n) is 10.6.